The molecule has 12 nitrogen and oxygen atoms in total. The van der Waals surface area contributed by atoms with Crippen LogP contribution in [0.1, 0.15) is 49.9 Å². The molecule has 2 heterocycles. The molecule has 4 rings (SSSR count). The number of rotatable bonds is 8. The predicted molar refractivity (Wildman–Crippen MR) is 170 cm³/mol. The summed E-state index contributed by atoms with van der Waals surface area (Å²) in [5.41, 5.74) is 5.06. The van der Waals surface area contributed by atoms with Gasteiger partial charge in [-0.1, -0.05) is 30.5 Å². The van der Waals surface area contributed by atoms with E-state index >= 15 is 0 Å². The zero-order chi connectivity index (χ0) is 30.8. The largest absolute Gasteiger partial charge is 0.464 e. The summed E-state index contributed by atoms with van der Waals surface area (Å²) in [7, 11) is 1.83. The van der Waals surface area contributed by atoms with E-state index in [1.807, 2.05) is 31.3 Å². The molecule has 2 atom stereocenters. The molecule has 13 heteroatoms. The van der Waals surface area contributed by atoms with Gasteiger partial charge in [-0.25, -0.2) is 10.6 Å². The van der Waals surface area contributed by atoms with Crippen LogP contribution in [0.5, 0.6) is 0 Å². The summed E-state index contributed by atoms with van der Waals surface area (Å²) in [4.78, 5) is 26.0. The van der Waals surface area contributed by atoms with E-state index in [1.165, 1.54) is 17.4 Å². The molecule has 0 saturated heterocycles. The molecule has 1 aliphatic heterocycles. The Bertz CT molecular complexity index is 1500. The molecule has 1 unspecified atom stereocenters. The Balaban J connectivity index is 1.64. The summed E-state index contributed by atoms with van der Waals surface area (Å²) < 4.78 is 5.37. The number of fused-ring (bicyclic) bond motifs is 4. The second kappa shape index (κ2) is 15.0. The third-order valence-electron chi connectivity index (χ3n) is 6.98. The lowest BCUT2D eigenvalue weighted by atomic mass is 9.97. The van der Waals surface area contributed by atoms with E-state index in [0.717, 1.165) is 28.9 Å². The van der Waals surface area contributed by atoms with Crippen LogP contribution in [0.2, 0.25) is 5.02 Å². The number of amides is 1. The minimum absolute atomic E-state index is 0.292. The number of hydrogen-bond acceptors (Lipinski definition) is 10. The van der Waals surface area contributed by atoms with Crippen LogP contribution in [-0.2, 0) is 14.3 Å². The molecular formula is C30H36ClN9O3. The Hall–Kier alpha value is -4.68. The highest BCUT2D eigenvalue weighted by Gasteiger charge is 2.24. The van der Waals surface area contributed by atoms with Gasteiger partial charge in [0.25, 0.3) is 0 Å². The number of esters is 1. The van der Waals surface area contributed by atoms with Gasteiger partial charge >= 0.3 is 5.97 Å². The van der Waals surface area contributed by atoms with Gasteiger partial charge < -0.3 is 26.5 Å². The van der Waals surface area contributed by atoms with Gasteiger partial charge in [0.05, 0.1) is 30.2 Å². The first kappa shape index (κ1) is 31.3. The maximum atomic E-state index is 13.2. The van der Waals surface area contributed by atoms with Crippen LogP contribution in [0.3, 0.4) is 0 Å². The Kier molecular flexibility index (Phi) is 10.9. The highest BCUT2D eigenvalue weighted by Crippen LogP contribution is 2.34. The number of anilines is 3. The van der Waals surface area contributed by atoms with Crippen LogP contribution in [0.25, 0.3) is 17.2 Å². The molecule has 43 heavy (non-hydrogen) atoms. The molecule has 0 saturated carbocycles. The molecule has 0 aliphatic carbocycles. The summed E-state index contributed by atoms with van der Waals surface area (Å²) in [6.45, 7) is 2.08. The molecule has 1 aliphatic rings. The maximum Gasteiger partial charge on any atom is 0.328 e. The normalized spacial score (nSPS) is 16.8. The number of ether oxygens (including phenoxy) is 1. The summed E-state index contributed by atoms with van der Waals surface area (Å²) >= 11 is 6.19. The molecular weight excluding hydrogens is 570 g/mol. The van der Waals surface area contributed by atoms with E-state index in [0.29, 0.717) is 47.8 Å². The average Bonchev–Trinajstić information content (AvgIpc) is 3.00. The molecule has 0 fully saturated rings. The number of nitrogens with two attached hydrogens (primary N) is 2. The van der Waals surface area contributed by atoms with Gasteiger partial charge in [0.15, 0.2) is 0 Å². The lowest BCUT2D eigenvalue weighted by Crippen LogP contribution is -2.32. The topological polar surface area (TPSA) is 173 Å². The van der Waals surface area contributed by atoms with Crippen LogP contribution in [0, 0.1) is 0 Å². The van der Waals surface area contributed by atoms with Gasteiger partial charge in [0, 0.05) is 46.2 Å². The zero-order valence-electron chi connectivity index (χ0n) is 24.1. The number of hydrogen-bond donors (Lipinski definition) is 5. The van der Waals surface area contributed by atoms with E-state index in [4.69, 9.17) is 28.0 Å². The van der Waals surface area contributed by atoms with Crippen molar-refractivity contribution in [3.8, 4) is 11.1 Å². The van der Waals surface area contributed by atoms with Gasteiger partial charge in [-0.05, 0) is 62.2 Å². The van der Waals surface area contributed by atoms with E-state index < -0.39 is 12.1 Å². The minimum atomic E-state index is -0.534. The monoisotopic (exact) mass is 605 g/mol. The van der Waals surface area contributed by atoms with Crippen LogP contribution >= 0.6 is 11.6 Å². The number of carbonyl (C=O) groups excluding carboxylic acids is 2. The second-order valence-corrected chi connectivity index (χ2v) is 10.3. The molecule has 226 valence electrons. The third kappa shape index (κ3) is 8.21. The lowest BCUT2D eigenvalue weighted by molar-refractivity contribution is -0.144. The van der Waals surface area contributed by atoms with E-state index in [2.05, 4.69) is 31.2 Å². The second-order valence-electron chi connectivity index (χ2n) is 9.88. The van der Waals surface area contributed by atoms with Crippen LogP contribution in [0.4, 0.5) is 17.1 Å². The van der Waals surface area contributed by atoms with Crippen molar-refractivity contribution in [1.82, 2.24) is 15.5 Å². The first-order chi connectivity index (χ1) is 20.8. The molecule has 0 spiro atoms. The van der Waals surface area contributed by atoms with Crippen molar-refractivity contribution >= 4 is 53.0 Å². The van der Waals surface area contributed by atoms with Crippen molar-refractivity contribution in [1.29, 1.82) is 0 Å². The van der Waals surface area contributed by atoms with Crippen molar-refractivity contribution in [3.63, 3.8) is 0 Å². The van der Waals surface area contributed by atoms with Gasteiger partial charge in [-0.15, -0.1) is 0 Å². The van der Waals surface area contributed by atoms with E-state index in [9.17, 15) is 9.59 Å². The number of hydrazine groups is 1. The number of benzene rings is 2. The zero-order valence-corrected chi connectivity index (χ0v) is 24.8. The molecule has 2 aromatic carbocycles. The quantitative estimate of drug-likeness (QED) is 0.0625. The summed E-state index contributed by atoms with van der Waals surface area (Å²) in [6.07, 6.45) is 8.52. The predicted octanol–water partition coefficient (Wildman–Crippen LogP) is 4.21. The fourth-order valence-electron chi connectivity index (χ4n) is 4.86. The van der Waals surface area contributed by atoms with E-state index in [1.54, 1.807) is 37.4 Å². The highest BCUT2D eigenvalue weighted by molar-refractivity contribution is 6.30. The number of carbonyl (C=O) groups is 2. The van der Waals surface area contributed by atoms with Gasteiger partial charge in [0.2, 0.25) is 5.91 Å². The average molecular weight is 606 g/mol. The number of nitrogens with zero attached hydrogens (tertiary/aromatic N) is 4. The smallest absolute Gasteiger partial charge is 0.328 e. The molecule has 3 aromatic rings. The minimum Gasteiger partial charge on any atom is -0.464 e. The number of nitrogens with one attached hydrogen (secondary N) is 3. The Morgan fingerprint density at radius 2 is 2.02 bits per heavy atom. The van der Waals surface area contributed by atoms with Crippen molar-refractivity contribution in [3.05, 3.63) is 71.0 Å². The van der Waals surface area contributed by atoms with Crippen LogP contribution < -0.4 is 32.6 Å². The summed E-state index contributed by atoms with van der Waals surface area (Å²) in [5.74, 6) is 10.6. The van der Waals surface area contributed by atoms with Gasteiger partial charge in [-0.3, -0.25) is 9.80 Å². The third-order valence-corrected chi connectivity index (χ3v) is 7.21. The van der Waals surface area contributed by atoms with Crippen molar-refractivity contribution < 1.29 is 14.3 Å². The van der Waals surface area contributed by atoms with Gasteiger partial charge in [0.1, 0.15) is 12.4 Å². The number of hydrazone groups is 1. The molecule has 1 amide bonds. The van der Waals surface area contributed by atoms with E-state index in [-0.39, 0.29) is 11.9 Å². The maximum absolute atomic E-state index is 13.2. The molecule has 2 bridgehead atoms. The fourth-order valence-corrected chi connectivity index (χ4v) is 5.04. The highest BCUT2D eigenvalue weighted by atomic mass is 35.5. The summed E-state index contributed by atoms with van der Waals surface area (Å²) in [5, 5.41) is 23.4. The Morgan fingerprint density at radius 1 is 1.21 bits per heavy atom. The Morgan fingerprint density at radius 3 is 2.79 bits per heavy atom. The van der Waals surface area contributed by atoms with Crippen LogP contribution in [-0.4, -0.2) is 48.1 Å². The fraction of sp³-hybridized carbons (Fsp3) is 0.300. The first-order valence-electron chi connectivity index (χ1n) is 14.0. The summed E-state index contributed by atoms with van der Waals surface area (Å²) in [6, 6.07) is 11.9. The van der Waals surface area contributed by atoms with Crippen molar-refractivity contribution in [2.24, 2.45) is 16.8 Å². The molecule has 7 N–H and O–H groups in total. The molecule has 1 aromatic heterocycles. The van der Waals surface area contributed by atoms with Crippen LogP contribution in [0.15, 0.2) is 59.8 Å². The number of halogens is 1. The molecule has 0 radical (unpaired) electrons. The Labute approximate surface area is 255 Å². The SMILES string of the molecule is CCOC(=O)[C@@H]1CCCCC(NC(=O)/C=C/c2cc(Cl)ccc2N(N)/C=N\N)c2cc(cnn2)-c2ccc(NC)cc2N1. The lowest BCUT2D eigenvalue weighted by Gasteiger charge is -2.24. The first-order valence-corrected chi connectivity index (χ1v) is 14.3. The van der Waals surface area contributed by atoms with Crippen molar-refractivity contribution in [2.75, 3.05) is 29.3 Å². The standard InChI is InChI=1S/C30H36ClN9O3/c1-3-43-30(42)25-7-5-4-6-24(27-15-20(17-36-39-27)23-11-10-22(34-2)16-26(23)37-25)38-29(41)13-8-19-14-21(31)9-12-28(19)40(33)18-35-32/h8-18,24-25,34,37H,3-7,32-33H2,1-2H3,(H,38,41)/b13-8+,35-18-/t24?,25-/m0/s1. The van der Waals surface area contributed by atoms with Gasteiger partial charge in [-0.2, -0.15) is 15.3 Å². The van der Waals surface area contributed by atoms with Crippen molar-refractivity contribution in [2.45, 2.75) is 44.7 Å². The number of aromatic nitrogens is 2.